The molecule has 0 spiro atoms. The first kappa shape index (κ1) is 21.1. The quantitative estimate of drug-likeness (QED) is 0.424. The van der Waals surface area contributed by atoms with Crippen LogP contribution >= 0.6 is 0 Å². The van der Waals surface area contributed by atoms with Crippen molar-refractivity contribution in [3.05, 3.63) is 36.2 Å². The maximum Gasteiger partial charge on any atom is 0.475 e. The fraction of sp³-hybridized carbons (Fsp3) is 0.316. The highest BCUT2D eigenvalue weighted by Gasteiger charge is 2.38. The van der Waals surface area contributed by atoms with Crippen molar-refractivity contribution in [3.63, 3.8) is 0 Å². The summed E-state index contributed by atoms with van der Waals surface area (Å²) in [6.45, 7) is 1.48. The summed E-state index contributed by atoms with van der Waals surface area (Å²) in [4.78, 5) is 8.00. The number of fused-ring (bicyclic) bond motifs is 2. The van der Waals surface area contributed by atoms with E-state index in [4.69, 9.17) is 4.42 Å². The third-order valence-electron chi connectivity index (χ3n) is 5.18. The van der Waals surface area contributed by atoms with Crippen molar-refractivity contribution in [2.24, 2.45) is 0 Å². The largest absolute Gasteiger partial charge is 0.475 e. The maximum absolute atomic E-state index is 12.8. The van der Waals surface area contributed by atoms with Crippen LogP contribution in [0.15, 0.2) is 44.8 Å². The number of hydrogen-bond acceptors (Lipinski definition) is 7. The van der Waals surface area contributed by atoms with Crippen LogP contribution in [-0.2, 0) is 20.6 Å². The van der Waals surface area contributed by atoms with Crippen molar-refractivity contribution >= 4 is 37.4 Å². The summed E-state index contributed by atoms with van der Waals surface area (Å²) in [6, 6.07) is 5.03. The number of hydrogen-bond donors (Lipinski definition) is 0. The van der Waals surface area contributed by atoms with Gasteiger partial charge in [0.15, 0.2) is 36.9 Å². The molecule has 1 unspecified atom stereocenters. The van der Waals surface area contributed by atoms with Crippen LogP contribution in [0.2, 0.25) is 0 Å². The molecule has 8 nitrogen and oxygen atoms in total. The molecular formula is C19H15F3N4O4S2. The first-order chi connectivity index (χ1) is 15.1. The number of aromatic nitrogens is 4. The Morgan fingerprint density at radius 2 is 2.00 bits per heavy atom. The van der Waals surface area contributed by atoms with Crippen molar-refractivity contribution in [1.29, 1.82) is 0 Å². The molecule has 0 aliphatic heterocycles. The van der Waals surface area contributed by atoms with Crippen LogP contribution in [-0.4, -0.2) is 43.5 Å². The second-order valence-corrected chi connectivity index (χ2v) is 11.0. The van der Waals surface area contributed by atoms with Crippen molar-refractivity contribution in [1.82, 2.24) is 19.6 Å². The van der Waals surface area contributed by atoms with E-state index in [0.717, 1.165) is 30.7 Å². The van der Waals surface area contributed by atoms with Gasteiger partial charge in [0.05, 0.1) is 10.6 Å². The number of sulfone groups is 1. The predicted molar refractivity (Wildman–Crippen MR) is 108 cm³/mol. The third-order valence-corrected chi connectivity index (χ3v) is 7.92. The minimum Gasteiger partial charge on any atom is -0.436 e. The van der Waals surface area contributed by atoms with Gasteiger partial charge in [-0.05, 0) is 37.1 Å². The number of rotatable bonds is 5. The van der Waals surface area contributed by atoms with Gasteiger partial charge in [0, 0.05) is 17.8 Å². The Bertz CT molecular complexity index is 1500. The zero-order valence-electron chi connectivity index (χ0n) is 16.5. The van der Waals surface area contributed by atoms with Gasteiger partial charge in [-0.2, -0.15) is 18.3 Å². The van der Waals surface area contributed by atoms with Crippen LogP contribution in [0.5, 0.6) is 0 Å². The SMILES string of the molecule is CCS(=O)(=O)c1nn2c(C3CC3)ccnc2c1-c1nc2cc(S(=O)C(F)(F)F)ccc2o1. The number of benzene rings is 1. The van der Waals surface area contributed by atoms with Crippen LogP contribution in [0.25, 0.3) is 28.2 Å². The molecule has 0 N–H and O–H groups in total. The molecule has 1 fully saturated rings. The van der Waals surface area contributed by atoms with Gasteiger partial charge in [0.2, 0.25) is 5.89 Å². The van der Waals surface area contributed by atoms with E-state index in [9.17, 15) is 25.8 Å². The van der Waals surface area contributed by atoms with Gasteiger partial charge in [-0.3, -0.25) is 0 Å². The summed E-state index contributed by atoms with van der Waals surface area (Å²) in [5.74, 6) is -0.121. The average Bonchev–Trinajstić information content (AvgIpc) is 3.38. The highest BCUT2D eigenvalue weighted by atomic mass is 32.2. The summed E-state index contributed by atoms with van der Waals surface area (Å²) in [5.41, 5.74) is -3.72. The van der Waals surface area contributed by atoms with E-state index in [1.807, 2.05) is 0 Å². The lowest BCUT2D eigenvalue weighted by Crippen LogP contribution is -2.16. The summed E-state index contributed by atoms with van der Waals surface area (Å²) < 4.78 is 82.9. The molecule has 5 rings (SSSR count). The Labute approximate surface area is 181 Å². The van der Waals surface area contributed by atoms with E-state index in [0.29, 0.717) is 0 Å². The minimum atomic E-state index is -4.92. The summed E-state index contributed by atoms with van der Waals surface area (Å²) >= 11 is 0. The van der Waals surface area contributed by atoms with Crippen LogP contribution in [0.4, 0.5) is 13.2 Å². The van der Waals surface area contributed by atoms with Crippen LogP contribution in [0, 0.1) is 0 Å². The van der Waals surface area contributed by atoms with E-state index in [1.165, 1.54) is 17.5 Å². The number of nitrogens with zero attached hydrogens (tertiary/aromatic N) is 4. The Hall–Kier alpha value is -2.80. The lowest BCUT2D eigenvalue weighted by atomic mass is 10.2. The molecule has 1 aliphatic carbocycles. The van der Waals surface area contributed by atoms with Crippen molar-refractivity contribution in [2.45, 2.75) is 41.1 Å². The van der Waals surface area contributed by atoms with Gasteiger partial charge >= 0.3 is 5.51 Å². The van der Waals surface area contributed by atoms with Crippen molar-refractivity contribution < 1.29 is 30.2 Å². The third kappa shape index (κ3) is 3.39. The monoisotopic (exact) mass is 484 g/mol. The van der Waals surface area contributed by atoms with Gasteiger partial charge in [-0.25, -0.2) is 27.1 Å². The first-order valence-electron chi connectivity index (χ1n) is 9.60. The second kappa shape index (κ2) is 7.10. The highest BCUT2D eigenvalue weighted by Crippen LogP contribution is 2.41. The second-order valence-electron chi connectivity index (χ2n) is 7.33. The zero-order chi connectivity index (χ0) is 22.8. The standard InChI is InChI=1S/C19H15F3N4O4S2/c1-2-32(28,29)18-15(16-23-8-7-13(10-3-4-10)26(16)25-18)17-24-12-9-11(5-6-14(12)30-17)31(27)19(20,21)22/h5-10H,2-4H2,1H3. The smallest absolute Gasteiger partial charge is 0.436 e. The summed E-state index contributed by atoms with van der Waals surface area (Å²) in [7, 11) is -7.04. The number of alkyl halides is 3. The molecule has 32 heavy (non-hydrogen) atoms. The lowest BCUT2D eigenvalue weighted by Gasteiger charge is -2.04. The fourth-order valence-electron chi connectivity index (χ4n) is 3.44. The Morgan fingerprint density at radius 1 is 1.25 bits per heavy atom. The highest BCUT2D eigenvalue weighted by molar-refractivity contribution is 7.91. The molecule has 168 valence electrons. The Kier molecular flexibility index (Phi) is 4.68. The van der Waals surface area contributed by atoms with Crippen molar-refractivity contribution in [3.8, 4) is 11.5 Å². The molecule has 3 heterocycles. The molecule has 0 bridgehead atoms. The molecule has 1 aromatic carbocycles. The molecule has 0 amide bonds. The molecule has 4 aromatic rings. The normalized spacial score (nSPS) is 16.1. The number of oxazole rings is 1. The van der Waals surface area contributed by atoms with E-state index in [-0.39, 0.29) is 44.9 Å². The van der Waals surface area contributed by atoms with E-state index < -0.39 is 31.0 Å². The maximum atomic E-state index is 12.8. The van der Waals surface area contributed by atoms with E-state index >= 15 is 0 Å². The molecule has 1 saturated carbocycles. The molecule has 1 aliphatic rings. The number of halogens is 3. The van der Waals surface area contributed by atoms with Gasteiger partial charge < -0.3 is 4.42 Å². The minimum absolute atomic E-state index is 0.00708. The Morgan fingerprint density at radius 3 is 2.66 bits per heavy atom. The van der Waals surface area contributed by atoms with Gasteiger partial charge in [-0.1, -0.05) is 6.92 Å². The molecule has 1 atom stereocenters. The van der Waals surface area contributed by atoms with Gasteiger partial charge in [0.1, 0.15) is 11.1 Å². The lowest BCUT2D eigenvalue weighted by molar-refractivity contribution is -0.0384. The van der Waals surface area contributed by atoms with Crippen LogP contribution in [0.1, 0.15) is 31.4 Å². The van der Waals surface area contributed by atoms with Crippen LogP contribution < -0.4 is 0 Å². The zero-order valence-corrected chi connectivity index (χ0v) is 18.1. The predicted octanol–water partition coefficient (Wildman–Crippen LogP) is 3.84. The van der Waals surface area contributed by atoms with E-state index in [1.54, 1.807) is 12.3 Å². The van der Waals surface area contributed by atoms with E-state index in [2.05, 4.69) is 15.1 Å². The molecule has 0 radical (unpaired) electrons. The first-order valence-corrected chi connectivity index (χ1v) is 12.4. The molecule has 0 saturated heterocycles. The Balaban J connectivity index is 1.74. The average molecular weight is 484 g/mol. The topological polar surface area (TPSA) is 107 Å². The van der Waals surface area contributed by atoms with Crippen LogP contribution in [0.3, 0.4) is 0 Å². The van der Waals surface area contributed by atoms with Gasteiger partial charge in [-0.15, -0.1) is 0 Å². The molecular weight excluding hydrogens is 469 g/mol. The van der Waals surface area contributed by atoms with Crippen molar-refractivity contribution in [2.75, 3.05) is 5.75 Å². The molecule has 3 aromatic heterocycles. The summed E-state index contributed by atoms with van der Waals surface area (Å²) in [5, 5.41) is 4.05. The van der Waals surface area contributed by atoms with Gasteiger partial charge in [0.25, 0.3) is 0 Å². The fourth-order valence-corrected chi connectivity index (χ4v) is 5.08. The molecule has 13 heteroatoms. The summed E-state index contributed by atoms with van der Waals surface area (Å²) in [6.07, 6.45) is 3.45.